The first-order valence-electron chi connectivity index (χ1n) is 15.7. The zero-order valence-electron chi connectivity index (χ0n) is 25.0. The minimum atomic E-state index is -0.440. The number of carbonyl (C=O) groups excluding carboxylic acids is 1. The van der Waals surface area contributed by atoms with Gasteiger partial charge < -0.3 is 9.47 Å². The molecule has 4 saturated carbocycles. The number of esters is 1. The minimum Gasteiger partial charge on any atom is -0.458 e. The summed E-state index contributed by atoms with van der Waals surface area (Å²) in [7, 11) is 0. The molecule has 0 N–H and O–H groups in total. The summed E-state index contributed by atoms with van der Waals surface area (Å²) < 4.78 is 11.6. The van der Waals surface area contributed by atoms with Crippen molar-refractivity contribution in [2.75, 3.05) is 6.61 Å². The summed E-state index contributed by atoms with van der Waals surface area (Å²) >= 11 is 0. The summed E-state index contributed by atoms with van der Waals surface area (Å²) in [5.41, 5.74) is 0.608. The van der Waals surface area contributed by atoms with Crippen molar-refractivity contribution in [3.63, 3.8) is 0 Å². The van der Waals surface area contributed by atoms with Gasteiger partial charge in [0.1, 0.15) is 12.2 Å². The first-order chi connectivity index (χ1) is 16.8. The molecule has 3 nitrogen and oxygen atoms in total. The van der Waals surface area contributed by atoms with Crippen molar-refractivity contribution >= 4 is 5.97 Å². The van der Waals surface area contributed by atoms with Gasteiger partial charge in [0.15, 0.2) is 0 Å². The van der Waals surface area contributed by atoms with Crippen LogP contribution in [0.2, 0.25) is 0 Å². The lowest BCUT2D eigenvalue weighted by Gasteiger charge is -2.61. The molecule has 2 unspecified atom stereocenters. The van der Waals surface area contributed by atoms with Gasteiger partial charge in [0.2, 0.25) is 0 Å². The Kier molecular flexibility index (Phi) is 8.61. The van der Waals surface area contributed by atoms with Crippen LogP contribution in [0.5, 0.6) is 0 Å². The first kappa shape index (κ1) is 28.4. The lowest BCUT2D eigenvalue weighted by Crippen LogP contribution is -2.54. The van der Waals surface area contributed by atoms with Crippen LogP contribution < -0.4 is 0 Å². The lowest BCUT2D eigenvalue weighted by molar-refractivity contribution is -0.167. The van der Waals surface area contributed by atoms with Gasteiger partial charge in [-0.1, -0.05) is 53.9 Å². The molecule has 4 aliphatic carbocycles. The van der Waals surface area contributed by atoms with Gasteiger partial charge >= 0.3 is 5.97 Å². The molecule has 3 heteroatoms. The van der Waals surface area contributed by atoms with Crippen LogP contribution in [-0.4, -0.2) is 24.3 Å². The van der Waals surface area contributed by atoms with Gasteiger partial charge in [0.25, 0.3) is 0 Å². The summed E-state index contributed by atoms with van der Waals surface area (Å²) in [5, 5.41) is 0. The second-order valence-corrected chi connectivity index (χ2v) is 15.5. The number of rotatable bonds is 8. The molecule has 9 atom stereocenters. The highest BCUT2D eigenvalue weighted by atomic mass is 16.6. The maximum absolute atomic E-state index is 12.2. The minimum absolute atomic E-state index is 0.106. The van der Waals surface area contributed by atoms with Gasteiger partial charge in [0, 0.05) is 0 Å². The third-order valence-corrected chi connectivity index (χ3v) is 11.7. The molecule has 0 aliphatic heterocycles. The first-order valence-corrected chi connectivity index (χ1v) is 15.7. The molecule has 0 bridgehead atoms. The van der Waals surface area contributed by atoms with Gasteiger partial charge in [-0.05, 0) is 131 Å². The van der Waals surface area contributed by atoms with Crippen molar-refractivity contribution in [3.8, 4) is 0 Å². The Morgan fingerprint density at radius 1 is 0.889 bits per heavy atom. The van der Waals surface area contributed by atoms with E-state index in [4.69, 9.17) is 9.47 Å². The fraction of sp³-hybridized carbons (Fsp3) is 0.970. The predicted octanol–water partition coefficient (Wildman–Crippen LogP) is 8.83. The van der Waals surface area contributed by atoms with Crippen LogP contribution in [0, 0.1) is 52.3 Å². The van der Waals surface area contributed by atoms with E-state index < -0.39 is 5.60 Å². The largest absolute Gasteiger partial charge is 0.458 e. The van der Waals surface area contributed by atoms with E-state index in [9.17, 15) is 4.79 Å². The zero-order chi connectivity index (χ0) is 26.3. The van der Waals surface area contributed by atoms with Crippen LogP contribution >= 0.6 is 0 Å². The molecule has 0 spiro atoms. The molecular weight excluding hydrogens is 444 g/mol. The van der Waals surface area contributed by atoms with E-state index in [0.717, 1.165) is 54.3 Å². The maximum atomic E-state index is 12.2. The Hall–Kier alpha value is -0.570. The Morgan fingerprint density at radius 3 is 2.28 bits per heavy atom. The van der Waals surface area contributed by atoms with Crippen LogP contribution in [-0.2, 0) is 14.3 Å². The Labute approximate surface area is 223 Å². The lowest BCUT2D eigenvalue weighted by atomic mass is 9.44. The van der Waals surface area contributed by atoms with Crippen molar-refractivity contribution < 1.29 is 14.3 Å². The number of hydrogen-bond acceptors (Lipinski definition) is 3. The molecule has 4 aliphatic rings. The molecule has 0 aromatic rings. The van der Waals surface area contributed by atoms with E-state index in [1.165, 1.54) is 64.2 Å². The van der Waals surface area contributed by atoms with Crippen molar-refractivity contribution in [1.82, 2.24) is 0 Å². The van der Waals surface area contributed by atoms with Crippen molar-refractivity contribution in [1.29, 1.82) is 0 Å². The van der Waals surface area contributed by atoms with E-state index in [-0.39, 0.29) is 18.7 Å². The van der Waals surface area contributed by atoms with Crippen LogP contribution in [0.4, 0.5) is 0 Å². The van der Waals surface area contributed by atoms with Crippen LogP contribution in [0.3, 0.4) is 0 Å². The summed E-state index contributed by atoms with van der Waals surface area (Å²) in [6, 6.07) is 0. The number of ether oxygens (including phenoxy) is 2. The van der Waals surface area contributed by atoms with E-state index in [2.05, 4.69) is 34.6 Å². The summed E-state index contributed by atoms with van der Waals surface area (Å²) in [6.45, 7) is 18.5. The highest BCUT2D eigenvalue weighted by Crippen LogP contribution is 2.68. The second-order valence-electron chi connectivity index (χ2n) is 15.5. The molecule has 0 aromatic carbocycles. The van der Waals surface area contributed by atoms with Gasteiger partial charge in [0.05, 0.1) is 6.10 Å². The Morgan fingerprint density at radius 2 is 1.58 bits per heavy atom. The maximum Gasteiger partial charge on any atom is 0.332 e. The SMILES string of the molecule is CC(C)CCC[C@@H](C)[C@H]1CC[C@H]2[C@@H]3CCC4CC(OCC(=O)OC(C)(C)C)CC[C@]4(C)[C@H]3CC[C@]12C. The Balaban J connectivity index is 1.35. The van der Waals surface area contributed by atoms with Gasteiger partial charge in [-0.3, -0.25) is 0 Å². The summed E-state index contributed by atoms with van der Waals surface area (Å²) in [5.74, 6) is 6.00. The van der Waals surface area contributed by atoms with Gasteiger partial charge in [-0.2, -0.15) is 0 Å². The highest BCUT2D eigenvalue weighted by molar-refractivity contribution is 5.71. The number of hydrogen-bond donors (Lipinski definition) is 0. The van der Waals surface area contributed by atoms with E-state index in [1.54, 1.807) is 0 Å². The fourth-order valence-electron chi connectivity index (χ4n) is 9.95. The molecule has 36 heavy (non-hydrogen) atoms. The normalized spacial score (nSPS) is 41.4. The molecule has 0 aromatic heterocycles. The van der Waals surface area contributed by atoms with Gasteiger partial charge in [-0.15, -0.1) is 0 Å². The van der Waals surface area contributed by atoms with Crippen LogP contribution in [0.1, 0.15) is 132 Å². The topological polar surface area (TPSA) is 35.5 Å². The Bertz CT molecular complexity index is 753. The summed E-state index contributed by atoms with van der Waals surface area (Å²) in [6.07, 6.45) is 16.7. The number of carbonyl (C=O) groups is 1. The third-order valence-electron chi connectivity index (χ3n) is 11.7. The van der Waals surface area contributed by atoms with E-state index in [0.29, 0.717) is 10.8 Å². The number of fused-ring (bicyclic) bond motifs is 5. The van der Waals surface area contributed by atoms with E-state index >= 15 is 0 Å². The zero-order valence-corrected chi connectivity index (χ0v) is 25.0. The van der Waals surface area contributed by atoms with E-state index in [1.807, 2.05) is 20.8 Å². The quantitative estimate of drug-likeness (QED) is 0.311. The fourth-order valence-corrected chi connectivity index (χ4v) is 9.95. The average Bonchev–Trinajstić information content (AvgIpc) is 3.13. The molecule has 208 valence electrons. The highest BCUT2D eigenvalue weighted by Gasteiger charge is 2.60. The molecular formula is C33H58O3. The molecule has 0 amide bonds. The predicted molar refractivity (Wildman–Crippen MR) is 149 cm³/mol. The second kappa shape index (κ2) is 10.9. The van der Waals surface area contributed by atoms with Crippen LogP contribution in [0.15, 0.2) is 0 Å². The standard InChI is InChI=1S/C33H58O3/c1-22(2)10-9-11-23(3)27-14-15-28-26-13-12-24-20-25(35-21-30(34)36-31(4,5)6)16-18-32(24,7)29(26)17-19-33(27,28)8/h22-29H,9-21H2,1-8H3/t23-,24?,25?,26+,27-,28+,29+,32+,33-/m1/s1. The molecule has 4 rings (SSSR count). The monoisotopic (exact) mass is 502 g/mol. The molecule has 4 fully saturated rings. The van der Waals surface area contributed by atoms with Crippen LogP contribution in [0.25, 0.3) is 0 Å². The average molecular weight is 503 g/mol. The third kappa shape index (κ3) is 5.86. The molecule has 0 radical (unpaired) electrons. The molecule has 0 heterocycles. The van der Waals surface area contributed by atoms with Crippen molar-refractivity contribution in [3.05, 3.63) is 0 Å². The van der Waals surface area contributed by atoms with Crippen molar-refractivity contribution in [2.24, 2.45) is 52.3 Å². The van der Waals surface area contributed by atoms with Crippen molar-refractivity contribution in [2.45, 2.75) is 144 Å². The summed E-state index contributed by atoms with van der Waals surface area (Å²) in [4.78, 5) is 12.2. The smallest absolute Gasteiger partial charge is 0.332 e. The molecule has 0 saturated heterocycles. The van der Waals surface area contributed by atoms with Gasteiger partial charge in [-0.25, -0.2) is 4.79 Å².